The van der Waals surface area contributed by atoms with Crippen molar-refractivity contribution in [1.29, 1.82) is 0 Å². The van der Waals surface area contributed by atoms with E-state index in [-0.39, 0.29) is 17.1 Å². The number of hydrogen-bond donors (Lipinski definition) is 0. The van der Waals surface area contributed by atoms with Crippen LogP contribution >= 0.6 is 11.8 Å². The van der Waals surface area contributed by atoms with Crippen molar-refractivity contribution < 1.29 is 14.1 Å². The summed E-state index contributed by atoms with van der Waals surface area (Å²) in [5.41, 5.74) is 0.308. The maximum Gasteiger partial charge on any atom is 0.416 e. The molecule has 0 N–H and O–H groups in total. The van der Waals surface area contributed by atoms with Gasteiger partial charge in [0.1, 0.15) is 22.8 Å². The van der Waals surface area contributed by atoms with Crippen LogP contribution in [0.3, 0.4) is 0 Å². The molecular weight excluding hydrogens is 468 g/mol. The minimum Gasteiger partial charge on any atom is -0.485 e. The Morgan fingerprint density at radius 1 is 1.00 bits per heavy atom. The second kappa shape index (κ2) is 9.43. The number of benzene rings is 3. The highest BCUT2D eigenvalue weighted by molar-refractivity contribution is 7.99. The molecule has 10 heteroatoms. The zero-order valence-corrected chi connectivity index (χ0v) is 19.3. The van der Waals surface area contributed by atoms with Gasteiger partial charge in [-0.2, -0.15) is 0 Å². The zero-order valence-electron chi connectivity index (χ0n) is 18.5. The minimum atomic E-state index is -1.02. The predicted octanol–water partition coefficient (Wildman–Crippen LogP) is 5.32. The van der Waals surface area contributed by atoms with Crippen LogP contribution in [0.15, 0.2) is 98.1 Å². The summed E-state index contributed by atoms with van der Waals surface area (Å²) in [4.78, 5) is 23.7. The van der Waals surface area contributed by atoms with Crippen LogP contribution in [0.1, 0.15) is 11.4 Å². The van der Waals surface area contributed by atoms with Gasteiger partial charge in [0.05, 0.1) is 4.92 Å². The van der Waals surface area contributed by atoms with Crippen molar-refractivity contribution in [2.75, 3.05) is 0 Å². The highest BCUT2D eigenvalue weighted by atomic mass is 32.2. The number of hydrogen-bond acceptors (Lipinski definition) is 8. The van der Waals surface area contributed by atoms with E-state index in [1.165, 1.54) is 0 Å². The first-order chi connectivity index (χ1) is 17.0. The molecule has 0 spiro atoms. The van der Waals surface area contributed by atoms with Crippen LogP contribution in [0.2, 0.25) is 0 Å². The first kappa shape index (κ1) is 22.4. The standard InChI is InChI=1S/C25H18N4O5S/c1-16-9-5-7-13-19(16)33-15-21-26-27-25(28(21)17-10-3-2-4-11-17)35-23-18-12-6-8-14-20(18)34-24(30)22(23)29(31)32/h2-14H,15H2,1H3. The summed E-state index contributed by atoms with van der Waals surface area (Å²) >= 11 is 0.985. The number of nitrogens with zero attached hydrogens (tertiary/aromatic N) is 4. The van der Waals surface area contributed by atoms with Crippen LogP contribution in [-0.2, 0) is 6.61 Å². The molecule has 2 aromatic heterocycles. The molecule has 0 saturated carbocycles. The van der Waals surface area contributed by atoms with Crippen molar-refractivity contribution in [3.63, 3.8) is 0 Å². The monoisotopic (exact) mass is 486 g/mol. The Balaban J connectivity index is 1.62. The van der Waals surface area contributed by atoms with Crippen LogP contribution in [0.4, 0.5) is 5.69 Å². The van der Waals surface area contributed by atoms with Gasteiger partial charge in [0.2, 0.25) is 5.16 Å². The second-order valence-corrected chi connectivity index (χ2v) is 8.52. The molecule has 174 valence electrons. The van der Waals surface area contributed by atoms with E-state index < -0.39 is 16.2 Å². The number of aromatic nitrogens is 3. The first-order valence-electron chi connectivity index (χ1n) is 10.6. The maximum atomic E-state index is 12.5. The quantitative estimate of drug-likeness (QED) is 0.173. The average molecular weight is 487 g/mol. The Labute approximate surface area is 203 Å². The molecule has 0 aliphatic heterocycles. The van der Waals surface area contributed by atoms with Crippen LogP contribution in [0, 0.1) is 17.0 Å². The average Bonchev–Trinajstić information content (AvgIpc) is 3.26. The van der Waals surface area contributed by atoms with E-state index in [1.54, 1.807) is 28.8 Å². The lowest BCUT2D eigenvalue weighted by Gasteiger charge is -2.12. The summed E-state index contributed by atoms with van der Waals surface area (Å²) in [7, 11) is 0. The van der Waals surface area contributed by atoms with Gasteiger partial charge in [0, 0.05) is 11.1 Å². The number of aryl methyl sites for hydroxylation is 1. The highest BCUT2D eigenvalue weighted by Crippen LogP contribution is 2.38. The van der Waals surface area contributed by atoms with Crippen molar-refractivity contribution in [2.24, 2.45) is 0 Å². The molecule has 0 radical (unpaired) electrons. The van der Waals surface area contributed by atoms with E-state index in [1.807, 2.05) is 61.5 Å². The predicted molar refractivity (Wildman–Crippen MR) is 130 cm³/mol. The van der Waals surface area contributed by atoms with E-state index in [2.05, 4.69) is 10.2 Å². The molecule has 0 saturated heterocycles. The Bertz CT molecular complexity index is 1600. The number of fused-ring (bicyclic) bond motifs is 1. The summed E-state index contributed by atoms with van der Waals surface area (Å²) in [5.74, 6) is 1.21. The third-order valence-corrected chi connectivity index (χ3v) is 6.35. The Hall–Kier alpha value is -4.44. The summed E-state index contributed by atoms with van der Waals surface area (Å²) < 4.78 is 12.9. The van der Waals surface area contributed by atoms with E-state index in [0.717, 1.165) is 23.0 Å². The molecule has 0 bridgehead atoms. The fourth-order valence-electron chi connectivity index (χ4n) is 3.62. The van der Waals surface area contributed by atoms with Gasteiger partial charge < -0.3 is 9.15 Å². The van der Waals surface area contributed by atoms with E-state index in [9.17, 15) is 14.9 Å². The van der Waals surface area contributed by atoms with Crippen LogP contribution in [0.25, 0.3) is 16.7 Å². The van der Waals surface area contributed by atoms with Crippen molar-refractivity contribution >= 4 is 28.4 Å². The second-order valence-electron chi connectivity index (χ2n) is 7.55. The molecule has 5 aromatic rings. The highest BCUT2D eigenvalue weighted by Gasteiger charge is 2.28. The van der Waals surface area contributed by atoms with Crippen molar-refractivity contribution in [1.82, 2.24) is 14.8 Å². The number of rotatable bonds is 7. The van der Waals surface area contributed by atoms with Crippen molar-refractivity contribution in [3.05, 3.63) is 111 Å². The van der Waals surface area contributed by atoms with Gasteiger partial charge in [0.25, 0.3) is 0 Å². The molecule has 0 fully saturated rings. The fourth-order valence-corrected chi connectivity index (χ4v) is 4.72. The third-order valence-electron chi connectivity index (χ3n) is 5.28. The topological polar surface area (TPSA) is 113 Å². The van der Waals surface area contributed by atoms with E-state index in [4.69, 9.17) is 9.15 Å². The molecule has 0 amide bonds. The SMILES string of the molecule is Cc1ccccc1OCc1nnc(Sc2c([N+](=O)[O-])c(=O)oc3ccccc23)n1-c1ccccc1. The van der Waals surface area contributed by atoms with Crippen LogP contribution in [-0.4, -0.2) is 19.7 Å². The van der Waals surface area contributed by atoms with Crippen molar-refractivity contribution in [2.45, 2.75) is 23.6 Å². The van der Waals surface area contributed by atoms with Gasteiger partial charge in [-0.05, 0) is 54.6 Å². The molecule has 0 aliphatic rings. The largest absolute Gasteiger partial charge is 0.485 e. The van der Waals surface area contributed by atoms with Gasteiger partial charge >= 0.3 is 11.3 Å². The normalized spacial score (nSPS) is 11.0. The summed E-state index contributed by atoms with van der Waals surface area (Å²) in [6.07, 6.45) is 0. The lowest BCUT2D eigenvalue weighted by Crippen LogP contribution is -2.10. The lowest BCUT2D eigenvalue weighted by molar-refractivity contribution is -0.390. The fraction of sp³-hybridized carbons (Fsp3) is 0.0800. The van der Waals surface area contributed by atoms with Crippen LogP contribution < -0.4 is 10.4 Å². The number of nitro groups is 1. The third kappa shape index (κ3) is 4.38. The van der Waals surface area contributed by atoms with Gasteiger partial charge in [-0.3, -0.25) is 14.7 Å². The first-order valence-corrected chi connectivity index (χ1v) is 11.4. The molecule has 0 aliphatic carbocycles. The molecule has 0 unspecified atom stereocenters. The molecule has 9 nitrogen and oxygen atoms in total. The van der Waals surface area contributed by atoms with Crippen LogP contribution in [0.5, 0.6) is 5.75 Å². The van der Waals surface area contributed by atoms with Gasteiger partial charge in [-0.1, -0.05) is 48.5 Å². The maximum absolute atomic E-state index is 12.5. The Morgan fingerprint density at radius 3 is 2.49 bits per heavy atom. The molecule has 2 heterocycles. The van der Waals surface area contributed by atoms with Gasteiger partial charge in [0.15, 0.2) is 5.82 Å². The summed E-state index contributed by atoms with van der Waals surface area (Å²) in [6.45, 7) is 2.07. The van der Waals surface area contributed by atoms with Gasteiger partial charge in [-0.15, -0.1) is 10.2 Å². The van der Waals surface area contributed by atoms with Gasteiger partial charge in [-0.25, -0.2) is 4.79 Å². The Kier molecular flexibility index (Phi) is 6.02. The molecule has 35 heavy (non-hydrogen) atoms. The molecule has 0 atom stereocenters. The number of ether oxygens (including phenoxy) is 1. The minimum absolute atomic E-state index is 0.118. The van der Waals surface area contributed by atoms with Crippen molar-refractivity contribution in [3.8, 4) is 11.4 Å². The zero-order chi connectivity index (χ0) is 24.4. The van der Waals surface area contributed by atoms with E-state index in [0.29, 0.717) is 22.1 Å². The smallest absolute Gasteiger partial charge is 0.416 e. The lowest BCUT2D eigenvalue weighted by atomic mass is 10.2. The molecule has 3 aromatic carbocycles. The summed E-state index contributed by atoms with van der Waals surface area (Å²) in [6, 6.07) is 23.7. The van der Waals surface area contributed by atoms with E-state index >= 15 is 0 Å². The summed E-state index contributed by atoms with van der Waals surface area (Å²) in [5, 5.41) is 21.2. The molecular formula is C25H18N4O5S. The number of para-hydroxylation sites is 3. The molecule has 5 rings (SSSR count). The Morgan fingerprint density at radius 2 is 1.71 bits per heavy atom.